The van der Waals surface area contributed by atoms with Crippen molar-refractivity contribution < 1.29 is 50.5 Å². The number of nitrogens with one attached hydrogen (secondary N) is 1. The van der Waals surface area contributed by atoms with Gasteiger partial charge >= 0.3 is 18.7 Å². The molecule has 4 fully saturated rings. The number of nitrogens with two attached hydrogens (primary N) is 1. The summed E-state index contributed by atoms with van der Waals surface area (Å²) in [5, 5.41) is 12.2. The van der Waals surface area contributed by atoms with Crippen molar-refractivity contribution in [2.75, 3.05) is 72.0 Å². The second-order valence-corrected chi connectivity index (χ2v) is 21.6. The summed E-state index contributed by atoms with van der Waals surface area (Å²) in [6.45, 7) is 14.2. The maximum atomic E-state index is 13.0. The number of halogens is 6. The lowest BCUT2D eigenvalue weighted by Gasteiger charge is -2.61. The summed E-state index contributed by atoms with van der Waals surface area (Å²) in [6, 6.07) is 28.8. The zero-order valence-electron chi connectivity index (χ0n) is 44.4. The van der Waals surface area contributed by atoms with Crippen LogP contribution in [0, 0.1) is 10.8 Å². The molecule has 81 heavy (non-hydrogen) atoms. The van der Waals surface area contributed by atoms with E-state index in [4.69, 9.17) is 15.8 Å². The first-order chi connectivity index (χ1) is 37.8. The lowest BCUT2D eigenvalue weighted by atomic mass is 9.72. The predicted molar refractivity (Wildman–Crippen MR) is 301 cm³/mol. The van der Waals surface area contributed by atoms with E-state index in [9.17, 15) is 35.9 Å². The number of aryl methyl sites for hydroxylation is 4. The molecule has 0 bridgehead atoms. The van der Waals surface area contributed by atoms with Gasteiger partial charge in [-0.15, -0.1) is 26.3 Å². The third kappa shape index (κ3) is 13.5. The summed E-state index contributed by atoms with van der Waals surface area (Å²) in [4.78, 5) is 42.2. The summed E-state index contributed by atoms with van der Waals surface area (Å²) in [6.07, 6.45) is -1.64. The molecular weight excluding hydrogens is 1050 g/mol. The van der Waals surface area contributed by atoms with Crippen LogP contribution in [0.4, 0.5) is 49.1 Å². The molecule has 12 rings (SSSR count). The van der Waals surface area contributed by atoms with E-state index >= 15 is 0 Å². The number of aromatic nitrogens is 4. The Kier molecular flexibility index (Phi) is 17.9. The standard InChI is InChI=1S/C29H32F3N5O2.C19H20F3N3O.C10H14N2O2.2CH4/c1-2-24-26(37-14-4-3-5-25(37)34-24)27(38)33-15-20-6-8-21(9-7-20)35-16-28(17-35)18-36(19-28)22-10-12-23(13-11-22)39-29(30,31)32;20-19(21,22)26-17-7-5-16(6-8-17)25-12-18(13-25)10-24(11-18)15-3-1-14(9-23)2-4-15;1-2-7-9(10(13)14)12-6-4-3-5-8(12)11-7;;/h6-13H,2-5,14-19H2,1H3,(H,33,38);1-8H,9-13,23H2;2-6H2,1H3,(H,13,14);2*1H4. The lowest BCUT2D eigenvalue weighted by molar-refractivity contribution is -0.275. The number of carbonyl (C=O) groups is 2. The van der Waals surface area contributed by atoms with Gasteiger partial charge in [0, 0.05) is 125 Å². The summed E-state index contributed by atoms with van der Waals surface area (Å²) < 4.78 is 85.6. The zero-order chi connectivity index (χ0) is 55.7. The van der Waals surface area contributed by atoms with Crippen molar-refractivity contribution in [3.8, 4) is 11.5 Å². The number of rotatable bonds is 13. The van der Waals surface area contributed by atoms with Gasteiger partial charge in [-0.05, 0) is 122 Å². The van der Waals surface area contributed by atoms with Crippen LogP contribution in [-0.2, 0) is 51.9 Å². The molecular formula is C60H74F6N10O5. The van der Waals surface area contributed by atoms with E-state index in [1.807, 2.05) is 18.4 Å². The van der Waals surface area contributed by atoms with Crippen LogP contribution in [0.1, 0.15) is 110 Å². The highest BCUT2D eigenvalue weighted by molar-refractivity contribution is 5.94. The fraction of sp³-hybridized carbons (Fsp3) is 0.467. The van der Waals surface area contributed by atoms with Gasteiger partial charge in [-0.1, -0.05) is 53.0 Å². The minimum atomic E-state index is -4.68. The first-order valence-electron chi connectivity index (χ1n) is 27.1. The molecule has 0 aliphatic carbocycles. The normalized spacial score (nSPS) is 17.1. The molecule has 0 unspecified atom stereocenters. The average Bonchev–Trinajstić information content (AvgIpc) is 3.99. The number of aromatic carboxylic acids is 1. The Hall–Kier alpha value is -7.42. The topological polar surface area (TPSA) is 159 Å². The summed E-state index contributed by atoms with van der Waals surface area (Å²) in [5.74, 6) is 0.687. The van der Waals surface area contributed by atoms with Crippen molar-refractivity contribution in [3.63, 3.8) is 0 Å². The van der Waals surface area contributed by atoms with E-state index in [1.54, 1.807) is 24.3 Å². The van der Waals surface area contributed by atoms with Gasteiger partial charge in [-0.3, -0.25) is 4.79 Å². The van der Waals surface area contributed by atoms with E-state index in [0.29, 0.717) is 25.2 Å². The first-order valence-corrected chi connectivity index (χ1v) is 27.1. The van der Waals surface area contributed by atoms with Crippen molar-refractivity contribution in [2.45, 2.75) is 119 Å². The second-order valence-electron chi connectivity index (χ2n) is 21.6. The third-order valence-corrected chi connectivity index (χ3v) is 15.8. The van der Waals surface area contributed by atoms with Crippen molar-refractivity contribution >= 4 is 34.6 Å². The van der Waals surface area contributed by atoms with Crippen molar-refractivity contribution in [1.82, 2.24) is 24.4 Å². The smallest absolute Gasteiger partial charge is 0.477 e. The molecule has 0 radical (unpaired) electrons. The molecule has 4 saturated heterocycles. The van der Waals surface area contributed by atoms with Crippen molar-refractivity contribution in [1.29, 1.82) is 0 Å². The van der Waals surface area contributed by atoms with Gasteiger partial charge in [0.15, 0.2) is 5.69 Å². The molecule has 0 atom stereocenters. The molecule has 1 amide bonds. The van der Waals surface area contributed by atoms with Crippen molar-refractivity contribution in [3.05, 3.63) is 143 Å². The van der Waals surface area contributed by atoms with Gasteiger partial charge in [-0.25, -0.2) is 14.8 Å². The number of hydrogen-bond acceptors (Lipinski definition) is 11. The summed E-state index contributed by atoms with van der Waals surface area (Å²) >= 11 is 0. The number of nitrogens with zero attached hydrogens (tertiary/aromatic N) is 8. The fourth-order valence-electron chi connectivity index (χ4n) is 11.9. The highest BCUT2D eigenvalue weighted by Crippen LogP contribution is 2.45. The number of ether oxygens (including phenoxy) is 2. The number of amides is 1. The van der Waals surface area contributed by atoms with E-state index in [-0.39, 0.29) is 43.1 Å². The quantitative estimate of drug-likeness (QED) is 0.0941. The largest absolute Gasteiger partial charge is 0.573 e. The van der Waals surface area contributed by atoms with Gasteiger partial charge in [0.05, 0.1) is 11.4 Å². The number of anilines is 4. The van der Waals surface area contributed by atoms with Crippen LogP contribution in [0.15, 0.2) is 97.1 Å². The average molecular weight is 1130 g/mol. The lowest BCUT2D eigenvalue weighted by Crippen LogP contribution is -2.72. The van der Waals surface area contributed by atoms with Gasteiger partial charge in [0.1, 0.15) is 28.8 Å². The molecule has 4 aromatic carbocycles. The monoisotopic (exact) mass is 1130 g/mol. The number of carboxylic acid groups (broad SMARTS) is 1. The molecule has 15 nitrogen and oxygen atoms in total. The molecule has 6 aliphatic heterocycles. The molecule has 21 heteroatoms. The Bertz CT molecular complexity index is 3080. The fourth-order valence-corrected chi connectivity index (χ4v) is 11.9. The van der Waals surface area contributed by atoms with Crippen LogP contribution in [0.5, 0.6) is 11.5 Å². The predicted octanol–water partition coefficient (Wildman–Crippen LogP) is 11.1. The van der Waals surface area contributed by atoms with Gasteiger partial charge in [0.2, 0.25) is 0 Å². The number of carboxylic acids is 1. The Morgan fingerprint density at radius 1 is 0.556 bits per heavy atom. The van der Waals surface area contributed by atoms with Crippen LogP contribution in [0.2, 0.25) is 0 Å². The summed E-state index contributed by atoms with van der Waals surface area (Å²) in [5.41, 5.74) is 15.2. The molecule has 2 aromatic heterocycles. The Balaban J connectivity index is 0.000000176. The maximum absolute atomic E-state index is 13.0. The van der Waals surface area contributed by atoms with Gasteiger partial charge in [0.25, 0.3) is 5.91 Å². The molecule has 2 spiro atoms. The molecule has 6 aliphatic rings. The number of benzene rings is 4. The van der Waals surface area contributed by atoms with Crippen molar-refractivity contribution in [2.24, 2.45) is 16.6 Å². The maximum Gasteiger partial charge on any atom is 0.573 e. The minimum absolute atomic E-state index is 0. The SMILES string of the molecule is C.C.CCc1nc2n(c1C(=O)NCc1ccc(N3CC4(C3)CN(c3ccc(OC(F)(F)F)cc3)C4)cc1)CCCC2.CCc1nc2n(c1C(=O)O)CCCC2.NCc1ccc(N2CC3(C2)CN(c2ccc(OC(F)(F)F)cc2)C3)cc1. The Morgan fingerprint density at radius 2 is 0.901 bits per heavy atom. The minimum Gasteiger partial charge on any atom is -0.477 e. The first kappa shape index (κ1) is 59.7. The number of carbonyl (C=O) groups excluding carboxylic acids is 1. The van der Waals surface area contributed by atoms with E-state index in [0.717, 1.165) is 167 Å². The van der Waals surface area contributed by atoms with Gasteiger partial charge in [-0.2, -0.15) is 0 Å². The number of alkyl halides is 6. The summed E-state index contributed by atoms with van der Waals surface area (Å²) in [7, 11) is 0. The van der Waals surface area contributed by atoms with E-state index in [1.165, 1.54) is 30.0 Å². The van der Waals surface area contributed by atoms with E-state index in [2.05, 4.69) is 92.5 Å². The second kappa shape index (κ2) is 24.4. The number of hydrogen-bond donors (Lipinski definition) is 3. The Morgan fingerprint density at radius 3 is 1.25 bits per heavy atom. The van der Waals surface area contributed by atoms with E-state index < -0.39 is 18.7 Å². The van der Waals surface area contributed by atoms with Crippen LogP contribution >= 0.6 is 0 Å². The molecule has 4 N–H and O–H groups in total. The van der Waals surface area contributed by atoms with Crippen LogP contribution < -0.4 is 40.1 Å². The number of imidazole rings is 2. The molecule has 0 saturated carbocycles. The highest BCUT2D eigenvalue weighted by Gasteiger charge is 2.53. The highest BCUT2D eigenvalue weighted by atomic mass is 19.4. The number of fused-ring (bicyclic) bond motifs is 2. The van der Waals surface area contributed by atoms with Gasteiger partial charge < -0.3 is 54.4 Å². The third-order valence-electron chi connectivity index (χ3n) is 15.8. The van der Waals surface area contributed by atoms with Crippen LogP contribution in [0.25, 0.3) is 0 Å². The van der Waals surface area contributed by atoms with Crippen LogP contribution in [-0.4, -0.2) is 101 Å². The molecule has 8 heterocycles. The molecule has 436 valence electrons. The zero-order valence-corrected chi connectivity index (χ0v) is 44.4. The Labute approximate surface area is 469 Å². The molecule has 6 aromatic rings. The van der Waals surface area contributed by atoms with Crippen LogP contribution in [0.3, 0.4) is 0 Å².